The van der Waals surface area contributed by atoms with E-state index in [-0.39, 0.29) is 18.1 Å². The summed E-state index contributed by atoms with van der Waals surface area (Å²) in [7, 11) is 3.15. The fourth-order valence-corrected chi connectivity index (χ4v) is 5.72. The SMILES string of the molecule is CNC(=O)NCCCCCN1C(=O)N(CCCCCNC(=O)NC)[C@H](Cc2ccccc2)[C@H](O)[C@@H](O)[C@H]1Cc1ccccc1. The number of hydrogen-bond acceptors (Lipinski definition) is 5. The summed E-state index contributed by atoms with van der Waals surface area (Å²) in [6.07, 6.45) is 3.01. The van der Waals surface area contributed by atoms with Crippen LogP contribution in [-0.2, 0) is 12.8 Å². The molecule has 0 aliphatic carbocycles. The summed E-state index contributed by atoms with van der Waals surface area (Å²) in [6, 6.07) is 17.6. The van der Waals surface area contributed by atoms with E-state index in [4.69, 9.17) is 0 Å². The number of benzene rings is 2. The maximum Gasteiger partial charge on any atom is 0.320 e. The van der Waals surface area contributed by atoms with E-state index in [2.05, 4.69) is 21.3 Å². The average molecular weight is 611 g/mol. The number of nitrogens with zero attached hydrogens (tertiary/aromatic N) is 2. The minimum Gasteiger partial charge on any atom is -0.388 e. The second-order valence-electron chi connectivity index (χ2n) is 11.3. The average Bonchev–Trinajstić information content (AvgIpc) is 3.11. The molecule has 0 unspecified atom stereocenters. The molecule has 0 radical (unpaired) electrons. The van der Waals surface area contributed by atoms with Crippen molar-refractivity contribution in [3.8, 4) is 0 Å². The number of amides is 6. The van der Waals surface area contributed by atoms with Crippen LogP contribution in [-0.4, -0.2) is 103 Å². The number of hydrogen-bond donors (Lipinski definition) is 6. The summed E-state index contributed by atoms with van der Waals surface area (Å²) < 4.78 is 0. The number of nitrogens with one attached hydrogen (secondary N) is 4. The number of rotatable bonds is 16. The minimum atomic E-state index is -1.15. The molecule has 1 saturated heterocycles. The molecule has 1 aliphatic rings. The van der Waals surface area contributed by atoms with Crippen LogP contribution in [0.4, 0.5) is 14.4 Å². The summed E-state index contributed by atoms with van der Waals surface area (Å²) in [4.78, 5) is 40.9. The van der Waals surface area contributed by atoms with Gasteiger partial charge in [-0.25, -0.2) is 14.4 Å². The topological polar surface area (TPSA) is 146 Å². The van der Waals surface area contributed by atoms with E-state index in [0.29, 0.717) is 51.9 Å². The van der Waals surface area contributed by atoms with Crippen LogP contribution >= 0.6 is 0 Å². The van der Waals surface area contributed by atoms with Gasteiger partial charge in [0.25, 0.3) is 0 Å². The monoisotopic (exact) mass is 610 g/mol. The number of carbonyl (C=O) groups is 3. The first-order chi connectivity index (χ1) is 21.3. The second kappa shape index (κ2) is 18.7. The molecular weight excluding hydrogens is 560 g/mol. The van der Waals surface area contributed by atoms with Gasteiger partial charge in [0.05, 0.1) is 12.1 Å². The highest BCUT2D eigenvalue weighted by Gasteiger charge is 2.45. The lowest BCUT2D eigenvalue weighted by atomic mass is 9.91. The predicted octanol–water partition coefficient (Wildman–Crippen LogP) is 2.87. The molecule has 11 nitrogen and oxygen atoms in total. The molecule has 6 N–H and O–H groups in total. The van der Waals surface area contributed by atoms with Crippen molar-refractivity contribution in [1.82, 2.24) is 31.1 Å². The summed E-state index contributed by atoms with van der Waals surface area (Å²) in [5, 5.41) is 34.1. The molecule has 0 bridgehead atoms. The van der Waals surface area contributed by atoms with Crippen molar-refractivity contribution >= 4 is 18.1 Å². The number of carbonyl (C=O) groups excluding carboxylic acids is 3. The summed E-state index contributed by atoms with van der Waals surface area (Å²) in [5.74, 6) is 0. The van der Waals surface area contributed by atoms with Crippen molar-refractivity contribution in [2.75, 3.05) is 40.3 Å². The van der Waals surface area contributed by atoms with E-state index in [9.17, 15) is 24.6 Å². The Morgan fingerprint density at radius 1 is 0.636 bits per heavy atom. The molecule has 242 valence electrons. The molecule has 1 heterocycles. The summed E-state index contributed by atoms with van der Waals surface area (Å²) in [6.45, 7) is 1.90. The third-order valence-electron chi connectivity index (χ3n) is 8.18. The lowest BCUT2D eigenvalue weighted by Gasteiger charge is -2.36. The quantitative estimate of drug-likeness (QED) is 0.162. The van der Waals surface area contributed by atoms with E-state index < -0.39 is 24.3 Å². The fraction of sp³-hybridized carbons (Fsp3) is 0.545. The van der Waals surface area contributed by atoms with Crippen molar-refractivity contribution in [3.63, 3.8) is 0 Å². The van der Waals surface area contributed by atoms with Crippen molar-refractivity contribution < 1.29 is 24.6 Å². The Labute approximate surface area is 261 Å². The molecular formula is C33H50N6O5. The van der Waals surface area contributed by atoms with Crippen LogP contribution in [0.3, 0.4) is 0 Å². The van der Waals surface area contributed by atoms with Gasteiger partial charge in [-0.2, -0.15) is 0 Å². The zero-order chi connectivity index (χ0) is 31.7. The van der Waals surface area contributed by atoms with Gasteiger partial charge < -0.3 is 41.3 Å². The zero-order valence-corrected chi connectivity index (χ0v) is 26.1. The zero-order valence-electron chi connectivity index (χ0n) is 26.1. The fourth-order valence-electron chi connectivity index (χ4n) is 5.72. The first-order valence-corrected chi connectivity index (χ1v) is 15.8. The van der Waals surface area contributed by atoms with Gasteiger partial charge in [0.2, 0.25) is 0 Å². The Kier molecular flexibility index (Phi) is 14.8. The first-order valence-electron chi connectivity index (χ1n) is 15.8. The van der Waals surface area contributed by atoms with E-state index >= 15 is 0 Å². The molecule has 0 saturated carbocycles. The number of unbranched alkanes of at least 4 members (excludes halogenated alkanes) is 4. The van der Waals surface area contributed by atoms with Crippen molar-refractivity contribution in [2.45, 2.75) is 75.7 Å². The van der Waals surface area contributed by atoms with Gasteiger partial charge in [0.1, 0.15) is 12.2 Å². The van der Waals surface area contributed by atoms with Gasteiger partial charge in [-0.15, -0.1) is 0 Å². The third kappa shape index (κ3) is 10.7. The van der Waals surface area contributed by atoms with Crippen LogP contribution in [0.5, 0.6) is 0 Å². The van der Waals surface area contributed by atoms with Crippen LogP contribution in [0, 0.1) is 0 Å². The molecule has 2 aromatic rings. The van der Waals surface area contributed by atoms with Gasteiger partial charge >= 0.3 is 18.1 Å². The molecule has 0 aromatic heterocycles. The Morgan fingerprint density at radius 2 is 1.02 bits per heavy atom. The predicted molar refractivity (Wildman–Crippen MR) is 171 cm³/mol. The molecule has 1 aliphatic heterocycles. The maximum atomic E-state index is 14.4. The first kappa shape index (κ1) is 34.7. The highest BCUT2D eigenvalue weighted by molar-refractivity contribution is 5.76. The van der Waals surface area contributed by atoms with Gasteiger partial charge in [-0.1, -0.05) is 60.7 Å². The smallest absolute Gasteiger partial charge is 0.320 e. The van der Waals surface area contributed by atoms with Crippen LogP contribution in [0.15, 0.2) is 60.7 Å². The van der Waals surface area contributed by atoms with E-state index in [1.807, 2.05) is 60.7 Å². The Hall–Kier alpha value is -3.83. The molecule has 44 heavy (non-hydrogen) atoms. The Balaban J connectivity index is 1.81. The summed E-state index contributed by atoms with van der Waals surface area (Å²) in [5.41, 5.74) is 1.96. The Bertz CT molecular complexity index is 1050. The van der Waals surface area contributed by atoms with Gasteiger partial charge in [-0.3, -0.25) is 0 Å². The lowest BCUT2D eigenvalue weighted by Crippen LogP contribution is -2.51. The van der Waals surface area contributed by atoms with Crippen LogP contribution < -0.4 is 21.3 Å². The number of aliphatic hydroxyl groups excluding tert-OH is 2. The minimum absolute atomic E-state index is 0.186. The molecule has 4 atom stereocenters. The van der Waals surface area contributed by atoms with E-state index in [0.717, 1.165) is 36.8 Å². The Morgan fingerprint density at radius 3 is 1.39 bits per heavy atom. The standard InChI is InChI=1S/C33H50N6O5/c1-34-31(42)36-19-11-5-13-21-38-27(23-25-15-7-3-8-16-25)29(40)30(41)28(24-26-17-9-4-10-18-26)39(33(38)44)22-14-6-12-20-37-32(43)35-2/h3-4,7-10,15-18,27-30,40-41H,5-6,11-14,19-24H2,1-2H3,(H2,34,36,42)(H2,35,37,43)/t27-,28-,29+,30+/m1/s1. The molecule has 6 amide bonds. The third-order valence-corrected chi connectivity index (χ3v) is 8.18. The normalized spacial score (nSPS) is 20.1. The highest BCUT2D eigenvalue weighted by Crippen LogP contribution is 2.28. The van der Waals surface area contributed by atoms with E-state index in [1.54, 1.807) is 23.9 Å². The second-order valence-corrected chi connectivity index (χ2v) is 11.3. The van der Waals surface area contributed by atoms with Crippen LogP contribution in [0.25, 0.3) is 0 Å². The number of urea groups is 3. The number of aliphatic hydroxyl groups is 2. The van der Waals surface area contributed by atoms with Gasteiger partial charge in [-0.05, 0) is 62.5 Å². The van der Waals surface area contributed by atoms with Crippen LogP contribution in [0.2, 0.25) is 0 Å². The van der Waals surface area contributed by atoms with Crippen molar-refractivity contribution in [3.05, 3.63) is 71.8 Å². The lowest BCUT2D eigenvalue weighted by molar-refractivity contribution is -0.0396. The maximum absolute atomic E-state index is 14.4. The van der Waals surface area contributed by atoms with Crippen LogP contribution in [0.1, 0.15) is 49.7 Å². The van der Waals surface area contributed by atoms with Crippen molar-refractivity contribution in [2.24, 2.45) is 0 Å². The summed E-state index contributed by atoms with van der Waals surface area (Å²) >= 11 is 0. The van der Waals surface area contributed by atoms with Crippen molar-refractivity contribution in [1.29, 1.82) is 0 Å². The molecule has 0 spiro atoms. The van der Waals surface area contributed by atoms with Gasteiger partial charge in [0.15, 0.2) is 0 Å². The molecule has 1 fully saturated rings. The van der Waals surface area contributed by atoms with Gasteiger partial charge in [0, 0.05) is 40.3 Å². The largest absolute Gasteiger partial charge is 0.388 e. The highest BCUT2D eigenvalue weighted by atomic mass is 16.3. The molecule has 2 aromatic carbocycles. The molecule has 11 heteroatoms. The van der Waals surface area contributed by atoms with E-state index in [1.165, 1.54) is 0 Å². The molecule has 3 rings (SSSR count).